The lowest BCUT2D eigenvalue weighted by Crippen LogP contribution is -2.41. The summed E-state index contributed by atoms with van der Waals surface area (Å²) in [5, 5.41) is 3.47. The first kappa shape index (κ1) is 9.84. The van der Waals surface area contributed by atoms with Crippen molar-refractivity contribution in [1.29, 1.82) is 0 Å². The third-order valence-corrected chi connectivity index (χ3v) is 3.50. The van der Waals surface area contributed by atoms with Crippen LogP contribution in [0.3, 0.4) is 0 Å². The molecule has 1 amide bonds. The number of nitrogens with zero attached hydrogens (tertiary/aromatic N) is 2. The normalized spacial score (nSPS) is 29.1. The summed E-state index contributed by atoms with van der Waals surface area (Å²) >= 11 is 0. The molecule has 0 bridgehead atoms. The van der Waals surface area contributed by atoms with Gasteiger partial charge in [0.25, 0.3) is 5.89 Å². The quantitative estimate of drug-likeness (QED) is 0.750. The maximum Gasteiger partial charge on any atom is 0.309 e. The van der Waals surface area contributed by atoms with Crippen LogP contribution in [0.5, 0.6) is 0 Å². The van der Waals surface area contributed by atoms with E-state index < -0.39 is 0 Å². The van der Waals surface area contributed by atoms with E-state index in [4.69, 9.17) is 4.42 Å². The average molecular weight is 221 g/mol. The van der Waals surface area contributed by atoms with Crippen molar-refractivity contribution >= 4 is 5.91 Å². The molecule has 5 nitrogen and oxygen atoms in total. The number of nitrogens with one attached hydrogen (secondary N) is 1. The first-order chi connectivity index (χ1) is 7.84. The molecule has 1 aromatic rings. The van der Waals surface area contributed by atoms with E-state index in [9.17, 15) is 4.79 Å². The number of hydrogen-bond donors (Lipinski definition) is 1. The Kier molecular flexibility index (Phi) is 2.40. The number of carbonyl (C=O) groups excluding carboxylic acids is 1. The molecule has 1 N–H and O–H groups in total. The molecule has 0 aliphatic carbocycles. The lowest BCUT2D eigenvalue weighted by molar-refractivity contribution is 0.0746. The van der Waals surface area contributed by atoms with Gasteiger partial charge in [-0.15, -0.1) is 0 Å². The number of rotatable bonds is 1. The van der Waals surface area contributed by atoms with Crippen LogP contribution < -0.4 is 5.32 Å². The standard InChI is InChI=1S/C11H15N3O2/c15-11(10-13-4-5-16-10)14-6-8-2-1-3-12-9(8)7-14/h4-5,8-9,12H,1-3,6-7H2. The highest BCUT2D eigenvalue weighted by molar-refractivity contribution is 5.89. The number of aromatic nitrogens is 1. The molecule has 1 aromatic heterocycles. The van der Waals surface area contributed by atoms with Crippen molar-refractivity contribution in [2.45, 2.75) is 18.9 Å². The molecule has 2 atom stereocenters. The van der Waals surface area contributed by atoms with Crippen LogP contribution in [-0.4, -0.2) is 41.5 Å². The fourth-order valence-electron chi connectivity index (χ4n) is 2.68. The topological polar surface area (TPSA) is 58.4 Å². The molecule has 2 unspecified atom stereocenters. The predicted molar refractivity (Wildman–Crippen MR) is 56.9 cm³/mol. The number of amides is 1. The average Bonchev–Trinajstić information content (AvgIpc) is 2.97. The highest BCUT2D eigenvalue weighted by atomic mass is 16.4. The van der Waals surface area contributed by atoms with Crippen molar-refractivity contribution in [3.8, 4) is 0 Å². The maximum atomic E-state index is 12.0. The summed E-state index contributed by atoms with van der Waals surface area (Å²) in [6.45, 7) is 2.69. The first-order valence-corrected chi connectivity index (χ1v) is 5.77. The molecule has 16 heavy (non-hydrogen) atoms. The van der Waals surface area contributed by atoms with Crippen LogP contribution >= 0.6 is 0 Å². The van der Waals surface area contributed by atoms with Gasteiger partial charge in [-0.1, -0.05) is 0 Å². The molecule has 86 valence electrons. The van der Waals surface area contributed by atoms with Crippen molar-refractivity contribution in [1.82, 2.24) is 15.2 Å². The minimum absolute atomic E-state index is 0.0822. The van der Waals surface area contributed by atoms with Gasteiger partial charge in [0.15, 0.2) is 0 Å². The summed E-state index contributed by atoms with van der Waals surface area (Å²) in [7, 11) is 0. The van der Waals surface area contributed by atoms with Crippen LogP contribution in [-0.2, 0) is 0 Å². The van der Waals surface area contributed by atoms with Gasteiger partial charge in [-0.3, -0.25) is 4.79 Å². The highest BCUT2D eigenvalue weighted by Crippen LogP contribution is 2.25. The zero-order valence-corrected chi connectivity index (χ0v) is 9.06. The van der Waals surface area contributed by atoms with Gasteiger partial charge in [0.05, 0.1) is 6.20 Å². The molecule has 3 heterocycles. The Bertz CT molecular complexity index is 363. The largest absolute Gasteiger partial charge is 0.441 e. The second kappa shape index (κ2) is 3.90. The van der Waals surface area contributed by atoms with Crippen molar-refractivity contribution in [3.63, 3.8) is 0 Å². The van der Waals surface area contributed by atoms with E-state index in [1.807, 2.05) is 4.90 Å². The maximum absolute atomic E-state index is 12.0. The van der Waals surface area contributed by atoms with Crippen LogP contribution in [0, 0.1) is 5.92 Å². The summed E-state index contributed by atoms with van der Waals surface area (Å²) in [6.07, 6.45) is 5.37. The van der Waals surface area contributed by atoms with Crippen molar-refractivity contribution < 1.29 is 9.21 Å². The number of hydrogen-bond acceptors (Lipinski definition) is 4. The first-order valence-electron chi connectivity index (χ1n) is 5.77. The monoisotopic (exact) mass is 221 g/mol. The number of fused-ring (bicyclic) bond motifs is 1. The smallest absolute Gasteiger partial charge is 0.309 e. The summed E-state index contributed by atoms with van der Waals surface area (Å²) in [6, 6.07) is 0.465. The van der Waals surface area contributed by atoms with E-state index in [-0.39, 0.29) is 11.8 Å². The molecule has 2 aliphatic heterocycles. The van der Waals surface area contributed by atoms with Crippen LogP contribution in [0.15, 0.2) is 16.9 Å². The van der Waals surface area contributed by atoms with E-state index in [1.165, 1.54) is 25.3 Å². The molecule has 0 saturated carbocycles. The van der Waals surface area contributed by atoms with E-state index in [1.54, 1.807) is 0 Å². The molecule has 5 heteroatoms. The lowest BCUT2D eigenvalue weighted by Gasteiger charge is -2.24. The SMILES string of the molecule is O=C(c1ncco1)N1CC2CCCNC2C1. The number of oxazole rings is 1. The van der Waals surface area contributed by atoms with Crippen molar-refractivity contribution in [3.05, 3.63) is 18.4 Å². The molecule has 0 aromatic carbocycles. The molecule has 0 spiro atoms. The molecule has 0 radical (unpaired) electrons. The van der Waals surface area contributed by atoms with Crippen molar-refractivity contribution in [2.24, 2.45) is 5.92 Å². The molecule has 2 fully saturated rings. The number of carbonyl (C=O) groups is 1. The molecular formula is C11H15N3O2. The third kappa shape index (κ3) is 1.61. The molecule has 2 saturated heterocycles. The zero-order chi connectivity index (χ0) is 11.0. The predicted octanol–water partition coefficient (Wildman–Crippen LogP) is 0.499. The second-order valence-electron chi connectivity index (χ2n) is 4.51. The van der Waals surface area contributed by atoms with E-state index in [0.717, 1.165) is 19.6 Å². The van der Waals surface area contributed by atoms with Crippen LogP contribution in [0.1, 0.15) is 23.5 Å². The van der Waals surface area contributed by atoms with Crippen LogP contribution in [0.2, 0.25) is 0 Å². The fourth-order valence-corrected chi connectivity index (χ4v) is 2.68. The molecule has 3 rings (SSSR count). The van der Waals surface area contributed by atoms with Gasteiger partial charge in [0.1, 0.15) is 6.26 Å². The fraction of sp³-hybridized carbons (Fsp3) is 0.636. The van der Waals surface area contributed by atoms with Gasteiger partial charge in [-0.05, 0) is 25.3 Å². The minimum atomic E-state index is -0.0822. The van der Waals surface area contributed by atoms with E-state index in [0.29, 0.717) is 12.0 Å². The lowest BCUT2D eigenvalue weighted by atomic mass is 9.94. The highest BCUT2D eigenvalue weighted by Gasteiger charge is 2.37. The Morgan fingerprint density at radius 2 is 2.50 bits per heavy atom. The third-order valence-electron chi connectivity index (χ3n) is 3.50. The Morgan fingerprint density at radius 1 is 1.56 bits per heavy atom. The second-order valence-corrected chi connectivity index (χ2v) is 4.51. The van der Waals surface area contributed by atoms with Gasteiger partial charge in [0.2, 0.25) is 0 Å². The Labute approximate surface area is 93.8 Å². The minimum Gasteiger partial charge on any atom is -0.441 e. The van der Waals surface area contributed by atoms with Gasteiger partial charge in [-0.2, -0.15) is 0 Å². The summed E-state index contributed by atoms with van der Waals surface area (Å²) in [4.78, 5) is 17.7. The molecular weight excluding hydrogens is 206 g/mol. The van der Waals surface area contributed by atoms with Crippen molar-refractivity contribution in [2.75, 3.05) is 19.6 Å². The van der Waals surface area contributed by atoms with E-state index >= 15 is 0 Å². The van der Waals surface area contributed by atoms with Crippen LogP contribution in [0.25, 0.3) is 0 Å². The summed E-state index contributed by atoms with van der Waals surface area (Å²) in [5.41, 5.74) is 0. The van der Waals surface area contributed by atoms with Gasteiger partial charge < -0.3 is 14.6 Å². The Hall–Kier alpha value is -1.36. The zero-order valence-electron chi connectivity index (χ0n) is 9.06. The van der Waals surface area contributed by atoms with Gasteiger partial charge in [-0.25, -0.2) is 4.98 Å². The number of piperidine rings is 1. The van der Waals surface area contributed by atoms with Gasteiger partial charge in [0, 0.05) is 19.1 Å². The Morgan fingerprint density at radius 3 is 3.25 bits per heavy atom. The summed E-state index contributed by atoms with van der Waals surface area (Å²) < 4.78 is 5.04. The Balaban J connectivity index is 1.71. The van der Waals surface area contributed by atoms with Gasteiger partial charge >= 0.3 is 5.91 Å². The van der Waals surface area contributed by atoms with Crippen LogP contribution in [0.4, 0.5) is 0 Å². The number of likely N-dealkylation sites (tertiary alicyclic amines) is 1. The molecule has 2 aliphatic rings. The summed E-state index contributed by atoms with van der Waals surface area (Å²) in [5.74, 6) is 0.729. The van der Waals surface area contributed by atoms with E-state index in [2.05, 4.69) is 10.3 Å².